The van der Waals surface area contributed by atoms with Crippen LogP contribution in [-0.4, -0.2) is 54.0 Å². The SMILES string of the molecule is CN(C)C(=O)/C=C\c1ccc(-c2csc(NC(=O)CNC(=O)OC(C)(C)C)n2)cc1. The van der Waals surface area contributed by atoms with Gasteiger partial charge in [-0.25, -0.2) is 9.78 Å². The second-order valence-corrected chi connectivity index (χ2v) is 8.49. The summed E-state index contributed by atoms with van der Waals surface area (Å²) in [5.41, 5.74) is 1.87. The molecular weight excluding hydrogens is 404 g/mol. The van der Waals surface area contributed by atoms with Crippen molar-refractivity contribution in [2.75, 3.05) is 26.0 Å². The van der Waals surface area contributed by atoms with Crippen molar-refractivity contribution < 1.29 is 19.1 Å². The maximum Gasteiger partial charge on any atom is 0.408 e. The van der Waals surface area contributed by atoms with Crippen molar-refractivity contribution in [1.82, 2.24) is 15.2 Å². The Morgan fingerprint density at radius 3 is 2.43 bits per heavy atom. The second kappa shape index (κ2) is 10.0. The van der Waals surface area contributed by atoms with E-state index in [1.165, 1.54) is 22.3 Å². The lowest BCUT2D eigenvalue weighted by Crippen LogP contribution is -2.37. The Balaban J connectivity index is 1.91. The number of alkyl carbamates (subject to hydrolysis) is 1. The van der Waals surface area contributed by atoms with Gasteiger partial charge in [-0.05, 0) is 32.4 Å². The zero-order valence-electron chi connectivity index (χ0n) is 17.7. The van der Waals surface area contributed by atoms with Crippen molar-refractivity contribution in [2.45, 2.75) is 26.4 Å². The molecule has 2 aromatic rings. The molecule has 0 aliphatic heterocycles. The Morgan fingerprint density at radius 1 is 1.17 bits per heavy atom. The van der Waals surface area contributed by atoms with E-state index >= 15 is 0 Å². The summed E-state index contributed by atoms with van der Waals surface area (Å²) in [5.74, 6) is -0.479. The first-order valence-corrected chi connectivity index (χ1v) is 10.1. The summed E-state index contributed by atoms with van der Waals surface area (Å²) < 4.78 is 5.08. The molecule has 0 unspecified atom stereocenters. The highest BCUT2D eigenvalue weighted by molar-refractivity contribution is 7.14. The second-order valence-electron chi connectivity index (χ2n) is 7.63. The van der Waals surface area contributed by atoms with E-state index in [0.717, 1.165) is 16.8 Å². The van der Waals surface area contributed by atoms with E-state index in [1.807, 2.05) is 29.6 Å². The van der Waals surface area contributed by atoms with Crippen LogP contribution in [0.15, 0.2) is 35.7 Å². The van der Waals surface area contributed by atoms with Gasteiger partial charge in [0.2, 0.25) is 11.8 Å². The molecule has 1 aromatic carbocycles. The Labute approximate surface area is 179 Å². The third kappa shape index (κ3) is 7.67. The van der Waals surface area contributed by atoms with Gasteiger partial charge < -0.3 is 20.3 Å². The first kappa shape index (κ1) is 23.1. The van der Waals surface area contributed by atoms with Crippen LogP contribution in [0, 0.1) is 0 Å². The van der Waals surface area contributed by atoms with Crippen LogP contribution in [0.4, 0.5) is 9.93 Å². The number of rotatable bonds is 6. The predicted molar refractivity (Wildman–Crippen MR) is 118 cm³/mol. The summed E-state index contributed by atoms with van der Waals surface area (Å²) in [5, 5.41) is 7.31. The van der Waals surface area contributed by atoms with Crippen LogP contribution >= 0.6 is 11.3 Å². The number of nitrogens with one attached hydrogen (secondary N) is 2. The molecule has 0 aliphatic rings. The number of carbonyl (C=O) groups is 3. The van der Waals surface area contributed by atoms with Crippen LogP contribution < -0.4 is 10.6 Å². The first-order chi connectivity index (χ1) is 14.0. The van der Waals surface area contributed by atoms with Gasteiger partial charge in [0.1, 0.15) is 12.1 Å². The lowest BCUT2D eigenvalue weighted by molar-refractivity contribution is -0.123. The molecule has 0 spiro atoms. The molecule has 0 fully saturated rings. The minimum Gasteiger partial charge on any atom is -0.444 e. The van der Waals surface area contributed by atoms with Gasteiger partial charge in [0.05, 0.1) is 5.69 Å². The number of carbonyl (C=O) groups excluding carboxylic acids is 3. The number of likely N-dealkylation sites (N-methyl/N-ethyl adjacent to an activating group) is 1. The van der Waals surface area contributed by atoms with E-state index in [0.29, 0.717) is 5.13 Å². The zero-order chi connectivity index (χ0) is 22.3. The monoisotopic (exact) mass is 430 g/mol. The standard InChI is InChI=1S/C21H26N4O4S/c1-21(2,3)29-20(28)22-12-17(26)24-19-23-16(13-30-19)15-9-6-14(7-10-15)8-11-18(27)25(4)5/h6-11,13H,12H2,1-5H3,(H,22,28)(H,23,24,26)/b11-8-. The molecule has 3 amide bonds. The van der Waals surface area contributed by atoms with E-state index in [1.54, 1.807) is 40.9 Å². The summed E-state index contributed by atoms with van der Waals surface area (Å²) in [7, 11) is 3.39. The summed E-state index contributed by atoms with van der Waals surface area (Å²) in [4.78, 5) is 41.1. The van der Waals surface area contributed by atoms with Crippen molar-refractivity contribution in [3.8, 4) is 11.3 Å². The predicted octanol–water partition coefficient (Wildman–Crippen LogP) is 3.37. The summed E-state index contributed by atoms with van der Waals surface area (Å²) in [6.07, 6.45) is 2.60. The van der Waals surface area contributed by atoms with Crippen LogP contribution in [0.5, 0.6) is 0 Å². The van der Waals surface area contributed by atoms with Gasteiger partial charge in [-0.15, -0.1) is 11.3 Å². The zero-order valence-corrected chi connectivity index (χ0v) is 18.5. The summed E-state index contributed by atoms with van der Waals surface area (Å²) >= 11 is 1.29. The fourth-order valence-electron chi connectivity index (χ4n) is 2.18. The lowest BCUT2D eigenvalue weighted by atomic mass is 10.1. The third-order valence-electron chi connectivity index (χ3n) is 3.61. The normalized spacial score (nSPS) is 11.2. The van der Waals surface area contributed by atoms with Crippen molar-refractivity contribution in [3.63, 3.8) is 0 Å². The van der Waals surface area contributed by atoms with Crippen molar-refractivity contribution in [2.24, 2.45) is 0 Å². The molecule has 0 aliphatic carbocycles. The lowest BCUT2D eigenvalue weighted by Gasteiger charge is -2.19. The fraction of sp³-hybridized carbons (Fsp3) is 0.333. The Bertz CT molecular complexity index is 927. The fourth-order valence-corrected chi connectivity index (χ4v) is 2.91. The van der Waals surface area contributed by atoms with Gasteiger partial charge in [-0.2, -0.15) is 0 Å². The largest absolute Gasteiger partial charge is 0.444 e. The van der Waals surface area contributed by atoms with Gasteiger partial charge in [-0.1, -0.05) is 24.3 Å². The van der Waals surface area contributed by atoms with Crippen LogP contribution in [0.2, 0.25) is 0 Å². The average molecular weight is 431 g/mol. The van der Waals surface area contributed by atoms with E-state index in [-0.39, 0.29) is 12.5 Å². The number of amides is 3. The number of hydrogen-bond acceptors (Lipinski definition) is 6. The highest BCUT2D eigenvalue weighted by Crippen LogP contribution is 2.25. The van der Waals surface area contributed by atoms with Gasteiger partial charge >= 0.3 is 6.09 Å². The molecule has 0 atom stereocenters. The molecular formula is C21H26N4O4S. The summed E-state index contributed by atoms with van der Waals surface area (Å²) in [6.45, 7) is 5.03. The maximum atomic E-state index is 12.0. The van der Waals surface area contributed by atoms with Gasteiger partial charge in [-0.3, -0.25) is 9.59 Å². The van der Waals surface area contributed by atoms with Gasteiger partial charge in [0.15, 0.2) is 5.13 Å². The molecule has 0 radical (unpaired) electrons. The molecule has 30 heavy (non-hydrogen) atoms. The number of aromatic nitrogens is 1. The molecule has 0 bridgehead atoms. The van der Waals surface area contributed by atoms with E-state index in [4.69, 9.17) is 4.74 Å². The molecule has 160 valence electrons. The minimum absolute atomic E-state index is 0.0832. The van der Waals surface area contributed by atoms with Crippen LogP contribution in [0.1, 0.15) is 26.3 Å². The van der Waals surface area contributed by atoms with E-state index in [2.05, 4.69) is 15.6 Å². The Morgan fingerprint density at radius 2 is 1.83 bits per heavy atom. The number of benzene rings is 1. The molecule has 1 heterocycles. The number of hydrogen-bond donors (Lipinski definition) is 2. The average Bonchev–Trinajstić information content (AvgIpc) is 3.11. The smallest absolute Gasteiger partial charge is 0.408 e. The minimum atomic E-state index is -0.654. The van der Waals surface area contributed by atoms with E-state index in [9.17, 15) is 14.4 Å². The highest BCUT2D eigenvalue weighted by atomic mass is 32.1. The quantitative estimate of drug-likeness (QED) is 0.685. The maximum absolute atomic E-state index is 12.0. The van der Waals surface area contributed by atoms with Crippen LogP contribution in [0.3, 0.4) is 0 Å². The van der Waals surface area contributed by atoms with Crippen LogP contribution in [0.25, 0.3) is 17.3 Å². The third-order valence-corrected chi connectivity index (χ3v) is 4.37. The van der Waals surface area contributed by atoms with Crippen LogP contribution in [-0.2, 0) is 14.3 Å². The number of ether oxygens (including phenoxy) is 1. The molecule has 9 heteroatoms. The first-order valence-electron chi connectivity index (χ1n) is 9.25. The van der Waals surface area contributed by atoms with Crippen molar-refractivity contribution in [3.05, 3.63) is 41.3 Å². The van der Waals surface area contributed by atoms with Crippen molar-refractivity contribution in [1.29, 1.82) is 0 Å². The van der Waals surface area contributed by atoms with E-state index < -0.39 is 17.6 Å². The molecule has 8 nitrogen and oxygen atoms in total. The molecule has 0 saturated carbocycles. The molecule has 2 N–H and O–H groups in total. The molecule has 0 saturated heterocycles. The Kier molecular flexibility index (Phi) is 7.71. The number of anilines is 1. The molecule has 1 aromatic heterocycles. The topological polar surface area (TPSA) is 101 Å². The summed E-state index contributed by atoms with van der Waals surface area (Å²) in [6, 6.07) is 7.56. The molecule has 2 rings (SSSR count). The number of nitrogens with zero attached hydrogens (tertiary/aromatic N) is 2. The number of thiazole rings is 1. The highest BCUT2D eigenvalue weighted by Gasteiger charge is 2.17. The van der Waals surface area contributed by atoms with Crippen molar-refractivity contribution >= 4 is 40.5 Å². The van der Waals surface area contributed by atoms with Gasteiger partial charge in [0, 0.05) is 31.1 Å². The Hall–Kier alpha value is -3.20. The van der Waals surface area contributed by atoms with Gasteiger partial charge in [0.25, 0.3) is 0 Å².